The van der Waals surface area contributed by atoms with Crippen LogP contribution in [0.1, 0.15) is 32.4 Å². The Bertz CT molecular complexity index is 758. The Kier molecular flexibility index (Phi) is 6.32. The van der Waals surface area contributed by atoms with E-state index in [1.807, 2.05) is 47.4 Å². The van der Waals surface area contributed by atoms with Gasteiger partial charge in [-0.1, -0.05) is 44.2 Å². The predicted octanol–water partition coefficient (Wildman–Crippen LogP) is 3.93. The van der Waals surface area contributed by atoms with Gasteiger partial charge in [-0.3, -0.25) is 9.59 Å². The molecule has 144 valence electrons. The highest BCUT2D eigenvalue weighted by Crippen LogP contribution is 2.23. The highest BCUT2D eigenvalue weighted by Gasteiger charge is 2.25. The number of furan rings is 1. The van der Waals surface area contributed by atoms with Crippen LogP contribution in [0, 0.1) is 11.8 Å². The van der Waals surface area contributed by atoms with E-state index >= 15 is 0 Å². The number of amides is 1. The van der Waals surface area contributed by atoms with Gasteiger partial charge >= 0.3 is 5.97 Å². The third kappa shape index (κ3) is 5.46. The van der Waals surface area contributed by atoms with Crippen molar-refractivity contribution < 1.29 is 18.7 Å². The van der Waals surface area contributed by atoms with Gasteiger partial charge in [0, 0.05) is 25.1 Å². The first kappa shape index (κ1) is 19.2. The normalized spacial score (nSPS) is 19.7. The van der Waals surface area contributed by atoms with E-state index in [0.717, 1.165) is 36.6 Å². The Morgan fingerprint density at radius 3 is 2.48 bits per heavy atom. The van der Waals surface area contributed by atoms with Crippen LogP contribution in [0.4, 0.5) is 0 Å². The quantitative estimate of drug-likeness (QED) is 0.724. The monoisotopic (exact) mass is 369 g/mol. The van der Waals surface area contributed by atoms with Gasteiger partial charge in [0.1, 0.15) is 11.5 Å². The summed E-state index contributed by atoms with van der Waals surface area (Å²) in [4.78, 5) is 26.0. The van der Waals surface area contributed by atoms with Crippen LogP contribution in [0.2, 0.25) is 0 Å². The van der Waals surface area contributed by atoms with Crippen LogP contribution in [0.15, 0.2) is 46.9 Å². The van der Waals surface area contributed by atoms with E-state index < -0.39 is 0 Å². The van der Waals surface area contributed by atoms with E-state index in [4.69, 9.17) is 9.15 Å². The number of nitrogens with zero attached hydrogens (tertiary/aromatic N) is 1. The van der Waals surface area contributed by atoms with Crippen LogP contribution in [0.5, 0.6) is 0 Å². The lowest BCUT2D eigenvalue weighted by Crippen LogP contribution is -2.44. The fourth-order valence-electron chi connectivity index (χ4n) is 3.67. The van der Waals surface area contributed by atoms with Gasteiger partial charge in [-0.25, -0.2) is 0 Å². The number of carbonyl (C=O) groups is 2. The summed E-state index contributed by atoms with van der Waals surface area (Å²) in [6, 6.07) is 13.6. The molecule has 0 bridgehead atoms. The molecule has 2 heterocycles. The maximum atomic E-state index is 12.3. The van der Waals surface area contributed by atoms with Crippen molar-refractivity contribution in [3.8, 4) is 11.3 Å². The van der Waals surface area contributed by atoms with Crippen molar-refractivity contribution in [1.82, 2.24) is 4.90 Å². The van der Waals surface area contributed by atoms with Gasteiger partial charge in [0.2, 0.25) is 0 Å². The summed E-state index contributed by atoms with van der Waals surface area (Å²) in [6.45, 7) is 5.61. The summed E-state index contributed by atoms with van der Waals surface area (Å²) < 4.78 is 11.0. The predicted molar refractivity (Wildman–Crippen MR) is 103 cm³/mol. The standard InChI is InChI=1S/C22H27NO4/c1-16-12-17(2)14-23(13-16)21(24)15-26-22(25)11-9-19-8-10-20(27-19)18-6-4-3-5-7-18/h3-8,10,16-17H,9,11-15H2,1-2H3. The minimum Gasteiger partial charge on any atom is -0.461 e. The molecule has 1 aromatic carbocycles. The second kappa shape index (κ2) is 8.89. The lowest BCUT2D eigenvalue weighted by molar-refractivity contribution is -0.153. The number of rotatable bonds is 6. The molecular formula is C22H27NO4. The molecule has 2 unspecified atom stereocenters. The van der Waals surface area contributed by atoms with Crippen LogP contribution in [-0.2, 0) is 20.7 Å². The average molecular weight is 369 g/mol. The maximum Gasteiger partial charge on any atom is 0.306 e. The van der Waals surface area contributed by atoms with E-state index in [1.165, 1.54) is 0 Å². The SMILES string of the molecule is CC1CC(C)CN(C(=O)COC(=O)CCc2ccc(-c3ccccc3)o2)C1. The van der Waals surface area contributed by atoms with Gasteiger partial charge in [0.15, 0.2) is 6.61 Å². The van der Waals surface area contributed by atoms with E-state index in [1.54, 1.807) is 0 Å². The molecule has 1 aromatic heterocycles. The summed E-state index contributed by atoms with van der Waals surface area (Å²) in [7, 11) is 0. The number of hydrogen-bond donors (Lipinski definition) is 0. The topological polar surface area (TPSA) is 59.8 Å². The van der Waals surface area contributed by atoms with Gasteiger partial charge in [0.05, 0.1) is 6.42 Å². The lowest BCUT2D eigenvalue weighted by atomic mass is 9.92. The van der Waals surface area contributed by atoms with Gasteiger partial charge in [0.25, 0.3) is 5.91 Å². The molecular weight excluding hydrogens is 342 g/mol. The first-order chi connectivity index (χ1) is 13.0. The second-order valence-corrected chi connectivity index (χ2v) is 7.54. The Balaban J connectivity index is 1.42. The van der Waals surface area contributed by atoms with Crippen LogP contribution in [-0.4, -0.2) is 36.5 Å². The number of hydrogen-bond acceptors (Lipinski definition) is 4. The molecule has 5 heteroatoms. The second-order valence-electron chi connectivity index (χ2n) is 7.54. The molecule has 27 heavy (non-hydrogen) atoms. The third-order valence-corrected chi connectivity index (χ3v) is 4.87. The molecule has 2 atom stereocenters. The smallest absolute Gasteiger partial charge is 0.306 e. The molecule has 0 aliphatic carbocycles. The van der Waals surface area contributed by atoms with Gasteiger partial charge in [-0.05, 0) is 30.4 Å². The molecule has 1 aliphatic heterocycles. The first-order valence-corrected chi connectivity index (χ1v) is 9.59. The third-order valence-electron chi connectivity index (χ3n) is 4.87. The number of aryl methyl sites for hydroxylation is 1. The fourth-order valence-corrected chi connectivity index (χ4v) is 3.67. The molecule has 1 aliphatic rings. The highest BCUT2D eigenvalue weighted by molar-refractivity contribution is 5.80. The number of benzene rings is 1. The Morgan fingerprint density at radius 1 is 1.07 bits per heavy atom. The lowest BCUT2D eigenvalue weighted by Gasteiger charge is -2.34. The number of ether oxygens (including phenoxy) is 1. The largest absolute Gasteiger partial charge is 0.461 e. The van der Waals surface area contributed by atoms with E-state index in [9.17, 15) is 9.59 Å². The van der Waals surface area contributed by atoms with Crippen LogP contribution >= 0.6 is 0 Å². The summed E-state index contributed by atoms with van der Waals surface area (Å²) in [6.07, 6.45) is 1.79. The van der Waals surface area contributed by atoms with Crippen molar-refractivity contribution in [3.05, 3.63) is 48.2 Å². The molecule has 5 nitrogen and oxygen atoms in total. The summed E-state index contributed by atoms with van der Waals surface area (Å²) >= 11 is 0. The Labute approximate surface area is 160 Å². The first-order valence-electron chi connectivity index (χ1n) is 9.59. The minimum atomic E-state index is -0.376. The van der Waals surface area contributed by atoms with Gasteiger partial charge in [-0.15, -0.1) is 0 Å². The molecule has 1 fully saturated rings. The summed E-state index contributed by atoms with van der Waals surface area (Å²) in [5.74, 6) is 2.01. The number of carbonyl (C=O) groups excluding carboxylic acids is 2. The van der Waals surface area contributed by atoms with Gasteiger partial charge < -0.3 is 14.1 Å². The summed E-state index contributed by atoms with van der Waals surface area (Å²) in [5.41, 5.74) is 1.00. The van der Waals surface area contributed by atoms with Crippen molar-refractivity contribution in [1.29, 1.82) is 0 Å². The zero-order chi connectivity index (χ0) is 19.2. The van der Waals surface area contributed by atoms with E-state index in [2.05, 4.69) is 13.8 Å². The Morgan fingerprint density at radius 2 is 1.78 bits per heavy atom. The molecule has 3 rings (SSSR count). The molecule has 1 amide bonds. The van der Waals surface area contributed by atoms with Crippen molar-refractivity contribution in [2.24, 2.45) is 11.8 Å². The van der Waals surface area contributed by atoms with E-state index in [0.29, 0.717) is 18.3 Å². The maximum absolute atomic E-state index is 12.3. The fraction of sp³-hybridized carbons (Fsp3) is 0.455. The number of esters is 1. The van der Waals surface area contributed by atoms with Crippen LogP contribution in [0.3, 0.4) is 0 Å². The highest BCUT2D eigenvalue weighted by atomic mass is 16.5. The molecule has 0 spiro atoms. The molecule has 2 aromatic rings. The van der Waals surface area contributed by atoms with Crippen molar-refractivity contribution in [2.75, 3.05) is 19.7 Å². The Hall–Kier alpha value is -2.56. The zero-order valence-corrected chi connectivity index (χ0v) is 16.0. The van der Waals surface area contributed by atoms with Crippen molar-refractivity contribution >= 4 is 11.9 Å². The van der Waals surface area contributed by atoms with Crippen LogP contribution < -0.4 is 0 Å². The van der Waals surface area contributed by atoms with Crippen molar-refractivity contribution in [3.63, 3.8) is 0 Å². The van der Waals surface area contributed by atoms with Crippen molar-refractivity contribution in [2.45, 2.75) is 33.1 Å². The molecule has 1 saturated heterocycles. The molecule has 0 saturated carbocycles. The minimum absolute atomic E-state index is 0.105. The molecule has 0 radical (unpaired) electrons. The average Bonchev–Trinajstić information content (AvgIpc) is 3.13. The number of piperidine rings is 1. The molecule has 0 N–H and O–H groups in total. The van der Waals surface area contributed by atoms with Gasteiger partial charge in [-0.2, -0.15) is 0 Å². The van der Waals surface area contributed by atoms with E-state index in [-0.39, 0.29) is 24.9 Å². The summed E-state index contributed by atoms with van der Waals surface area (Å²) in [5, 5.41) is 0. The van der Waals surface area contributed by atoms with Crippen LogP contribution in [0.25, 0.3) is 11.3 Å². The number of likely N-dealkylation sites (tertiary alicyclic amines) is 1. The zero-order valence-electron chi connectivity index (χ0n) is 16.0.